The zero-order valence-corrected chi connectivity index (χ0v) is 17.3. The van der Waals surface area contributed by atoms with Gasteiger partial charge in [0.2, 0.25) is 17.7 Å². The number of carbonyl (C=O) groups excluding carboxylic acids is 3. The van der Waals surface area contributed by atoms with Gasteiger partial charge in [-0.3, -0.25) is 14.4 Å². The summed E-state index contributed by atoms with van der Waals surface area (Å²) in [5.41, 5.74) is 5.50. The molecule has 0 heterocycles. The Labute approximate surface area is 172 Å². The van der Waals surface area contributed by atoms with Crippen LogP contribution >= 0.6 is 24.4 Å². The summed E-state index contributed by atoms with van der Waals surface area (Å²) in [7, 11) is 0. The highest BCUT2D eigenvalue weighted by Crippen LogP contribution is 2.02. The van der Waals surface area contributed by atoms with Gasteiger partial charge in [-0.1, -0.05) is 0 Å². The number of amides is 3. The summed E-state index contributed by atoms with van der Waals surface area (Å²) in [6.45, 7) is 0.427. The van der Waals surface area contributed by atoms with Crippen molar-refractivity contribution in [2.75, 3.05) is 24.4 Å². The van der Waals surface area contributed by atoms with Crippen LogP contribution in [-0.4, -0.2) is 93.7 Å². The fourth-order valence-electron chi connectivity index (χ4n) is 1.97. The summed E-state index contributed by atoms with van der Waals surface area (Å²) in [6.07, 6.45) is 0.607. The summed E-state index contributed by atoms with van der Waals surface area (Å²) in [4.78, 5) is 47.6. The third-order valence-corrected chi connectivity index (χ3v) is 4.67. The molecular weight excluding hydrogens is 412 g/mol. The molecule has 8 N–H and O–H groups in total. The summed E-state index contributed by atoms with van der Waals surface area (Å²) in [6, 6.07) is -5.11. The van der Waals surface area contributed by atoms with Crippen LogP contribution in [0.5, 0.6) is 0 Å². The minimum Gasteiger partial charge on any atom is -0.480 e. The van der Waals surface area contributed by atoms with Crippen LogP contribution < -0.4 is 21.7 Å². The van der Waals surface area contributed by atoms with Gasteiger partial charge < -0.3 is 37.0 Å². The van der Waals surface area contributed by atoms with E-state index in [9.17, 15) is 29.4 Å². The van der Waals surface area contributed by atoms with E-state index in [-0.39, 0.29) is 12.2 Å². The third kappa shape index (κ3) is 9.10. The van der Waals surface area contributed by atoms with E-state index in [1.807, 2.05) is 0 Å². The largest absolute Gasteiger partial charge is 0.480 e. The summed E-state index contributed by atoms with van der Waals surface area (Å²) < 4.78 is 0. The van der Waals surface area contributed by atoms with E-state index in [4.69, 9.17) is 10.8 Å². The lowest BCUT2D eigenvalue weighted by Gasteiger charge is -2.25. The lowest BCUT2D eigenvalue weighted by molar-refractivity contribution is -0.142. The van der Waals surface area contributed by atoms with Crippen molar-refractivity contribution < 1.29 is 34.5 Å². The van der Waals surface area contributed by atoms with Crippen molar-refractivity contribution in [1.29, 1.82) is 0 Å². The predicted octanol–water partition coefficient (Wildman–Crippen LogP) is -3.09. The van der Waals surface area contributed by atoms with Gasteiger partial charge >= 0.3 is 5.97 Å². The van der Waals surface area contributed by atoms with Crippen LogP contribution in [0.3, 0.4) is 0 Å². The maximum Gasteiger partial charge on any atom is 0.326 e. The maximum absolute atomic E-state index is 12.3. The van der Waals surface area contributed by atoms with Crippen LogP contribution in [0.4, 0.5) is 0 Å². The molecule has 0 saturated heterocycles. The van der Waals surface area contributed by atoms with Crippen molar-refractivity contribution >= 4 is 48.1 Å². The minimum atomic E-state index is -1.47. The number of rotatable bonds is 13. The fraction of sp³-hybridized carbons (Fsp3) is 0.733. The molecule has 0 aromatic rings. The normalized spacial score (nSPS) is 16.2. The lowest BCUT2D eigenvalue weighted by atomic mass is 10.1. The molecule has 0 aliphatic carbocycles. The molecule has 162 valence electrons. The highest BCUT2D eigenvalue weighted by molar-refractivity contribution is 7.98. The monoisotopic (exact) mass is 440 g/mol. The molecule has 3 amide bonds. The number of carboxylic acids is 1. The average molecular weight is 441 g/mol. The van der Waals surface area contributed by atoms with Crippen LogP contribution in [0.2, 0.25) is 0 Å². The molecular formula is C15H28N4O7S2. The van der Waals surface area contributed by atoms with Crippen LogP contribution in [0.15, 0.2) is 0 Å². The molecule has 0 aromatic heterocycles. The van der Waals surface area contributed by atoms with Crippen molar-refractivity contribution in [3.63, 3.8) is 0 Å². The van der Waals surface area contributed by atoms with Crippen molar-refractivity contribution in [2.24, 2.45) is 5.73 Å². The minimum absolute atomic E-state index is 0.00821. The van der Waals surface area contributed by atoms with Crippen LogP contribution in [-0.2, 0) is 19.2 Å². The Morgan fingerprint density at radius 2 is 1.64 bits per heavy atom. The molecule has 28 heavy (non-hydrogen) atoms. The van der Waals surface area contributed by atoms with Gasteiger partial charge in [-0.15, -0.1) is 0 Å². The molecule has 0 fully saturated rings. The number of carbonyl (C=O) groups is 4. The first kappa shape index (κ1) is 26.5. The number of carboxylic acid groups (broad SMARTS) is 1. The molecule has 0 aromatic carbocycles. The second-order valence-electron chi connectivity index (χ2n) is 5.94. The van der Waals surface area contributed by atoms with Crippen LogP contribution in [0, 0.1) is 0 Å². The molecule has 13 heteroatoms. The molecule has 0 rings (SSSR count). The second-order valence-corrected chi connectivity index (χ2v) is 7.29. The first-order chi connectivity index (χ1) is 13.1. The summed E-state index contributed by atoms with van der Waals surface area (Å²) >= 11 is 5.27. The highest BCUT2D eigenvalue weighted by Gasteiger charge is 2.31. The zero-order chi connectivity index (χ0) is 21.9. The second kappa shape index (κ2) is 13.6. The topological polar surface area (TPSA) is 191 Å². The number of hydrogen-bond acceptors (Lipinski definition) is 9. The van der Waals surface area contributed by atoms with E-state index >= 15 is 0 Å². The van der Waals surface area contributed by atoms with E-state index in [2.05, 4.69) is 28.6 Å². The first-order valence-electron chi connectivity index (χ1n) is 8.37. The number of nitrogens with two attached hydrogens (primary N) is 1. The quantitative estimate of drug-likeness (QED) is 0.137. The maximum atomic E-state index is 12.3. The number of hydrogen-bond donors (Lipinski definition) is 8. The number of aliphatic carboxylic acids is 1. The summed E-state index contributed by atoms with van der Waals surface area (Å²) in [5, 5.41) is 34.9. The molecule has 0 saturated carbocycles. The Kier molecular flexibility index (Phi) is 12.9. The Morgan fingerprint density at radius 1 is 1.07 bits per heavy atom. The number of thiol groups is 1. The van der Waals surface area contributed by atoms with E-state index in [1.165, 1.54) is 18.7 Å². The Bertz CT molecular complexity index is 550. The van der Waals surface area contributed by atoms with Gasteiger partial charge in [0, 0.05) is 5.75 Å². The standard InChI is InChI=1S/C15H28N4O7S2/c1-7(21)11(19-12(22)8(16)6-27)14(24)18-10(5-20)13(23)17-9(15(25)26)3-4-28-2/h7-11,20-21,27H,3-6,16H2,1-2H3,(H,17,23)(H,18,24)(H,19,22)(H,25,26). The molecule has 5 atom stereocenters. The predicted molar refractivity (Wildman–Crippen MR) is 107 cm³/mol. The molecule has 0 aliphatic heterocycles. The smallest absolute Gasteiger partial charge is 0.326 e. The van der Waals surface area contributed by atoms with E-state index in [1.54, 1.807) is 6.26 Å². The number of aliphatic hydroxyl groups is 2. The van der Waals surface area contributed by atoms with Gasteiger partial charge in [0.25, 0.3) is 0 Å². The van der Waals surface area contributed by atoms with Gasteiger partial charge in [0.05, 0.1) is 18.8 Å². The number of nitrogens with one attached hydrogen (secondary N) is 3. The van der Waals surface area contributed by atoms with Crippen molar-refractivity contribution in [3.05, 3.63) is 0 Å². The van der Waals surface area contributed by atoms with E-state index in [0.717, 1.165) is 0 Å². The van der Waals surface area contributed by atoms with Gasteiger partial charge in [-0.25, -0.2) is 4.79 Å². The molecule has 0 spiro atoms. The molecule has 0 aliphatic rings. The Balaban J connectivity index is 5.07. The molecule has 11 nitrogen and oxygen atoms in total. The number of aliphatic hydroxyl groups excluding tert-OH is 2. The van der Waals surface area contributed by atoms with Gasteiger partial charge in [-0.05, 0) is 25.4 Å². The van der Waals surface area contributed by atoms with Gasteiger partial charge in [0.15, 0.2) is 0 Å². The Hall–Kier alpha value is -1.54. The van der Waals surface area contributed by atoms with E-state index < -0.39 is 60.6 Å². The zero-order valence-electron chi connectivity index (χ0n) is 15.6. The Morgan fingerprint density at radius 3 is 2.07 bits per heavy atom. The van der Waals surface area contributed by atoms with Gasteiger partial charge in [-0.2, -0.15) is 24.4 Å². The molecule has 5 unspecified atom stereocenters. The third-order valence-electron chi connectivity index (χ3n) is 3.64. The average Bonchev–Trinajstić information content (AvgIpc) is 2.65. The lowest BCUT2D eigenvalue weighted by Crippen LogP contribution is -2.60. The summed E-state index contributed by atoms with van der Waals surface area (Å²) in [5.74, 6) is -3.35. The fourth-order valence-corrected chi connectivity index (χ4v) is 2.61. The molecule has 0 radical (unpaired) electrons. The highest BCUT2D eigenvalue weighted by atomic mass is 32.2. The first-order valence-corrected chi connectivity index (χ1v) is 10.4. The molecule has 0 bridgehead atoms. The van der Waals surface area contributed by atoms with Crippen molar-refractivity contribution in [3.8, 4) is 0 Å². The van der Waals surface area contributed by atoms with Crippen LogP contribution in [0.25, 0.3) is 0 Å². The SMILES string of the molecule is CSCCC(NC(=O)C(CO)NC(=O)C(NC(=O)C(N)CS)C(C)O)C(=O)O. The number of thioether (sulfide) groups is 1. The van der Waals surface area contributed by atoms with E-state index in [0.29, 0.717) is 5.75 Å². The van der Waals surface area contributed by atoms with Gasteiger partial charge in [0.1, 0.15) is 18.1 Å². The van der Waals surface area contributed by atoms with Crippen LogP contribution in [0.1, 0.15) is 13.3 Å². The van der Waals surface area contributed by atoms with Crippen molar-refractivity contribution in [1.82, 2.24) is 16.0 Å². The van der Waals surface area contributed by atoms with Crippen molar-refractivity contribution in [2.45, 2.75) is 43.6 Å².